The Morgan fingerprint density at radius 1 is 1.05 bits per heavy atom. The molecule has 42 heavy (non-hydrogen) atoms. The van der Waals surface area contributed by atoms with Crippen molar-refractivity contribution in [2.75, 3.05) is 37.8 Å². The molecule has 1 aliphatic heterocycles. The van der Waals surface area contributed by atoms with Crippen molar-refractivity contribution in [3.63, 3.8) is 0 Å². The summed E-state index contributed by atoms with van der Waals surface area (Å²) < 4.78 is 65.4. The van der Waals surface area contributed by atoms with Gasteiger partial charge in [-0.2, -0.15) is 22.7 Å². The molecule has 2 aromatic rings. The van der Waals surface area contributed by atoms with Gasteiger partial charge >= 0.3 is 6.18 Å². The molecule has 1 saturated carbocycles. The van der Waals surface area contributed by atoms with Gasteiger partial charge in [-0.3, -0.25) is 9.59 Å². The number of halogens is 3. The number of hydrogen-bond donors (Lipinski definition) is 2. The number of nitrogens with zero attached hydrogens (tertiary/aromatic N) is 3. The number of alkyl halides is 3. The zero-order valence-electron chi connectivity index (χ0n) is 23.2. The molecule has 1 atom stereocenters. The minimum atomic E-state index is -4.81. The highest BCUT2D eigenvalue weighted by Crippen LogP contribution is 2.37. The third-order valence-electron chi connectivity index (χ3n) is 8.02. The molecule has 2 N–H and O–H groups in total. The van der Waals surface area contributed by atoms with Crippen molar-refractivity contribution < 1.29 is 36.3 Å². The van der Waals surface area contributed by atoms with Gasteiger partial charge in [-0.25, -0.2) is 8.42 Å². The number of nitrogens with one attached hydrogen (secondary N) is 1. The quantitative estimate of drug-likeness (QED) is 0.493. The fourth-order valence-electron chi connectivity index (χ4n) is 5.71. The van der Waals surface area contributed by atoms with Crippen LogP contribution in [0.15, 0.2) is 42.5 Å². The Hall–Kier alpha value is -3.47. The van der Waals surface area contributed by atoms with E-state index in [1.807, 2.05) is 0 Å². The van der Waals surface area contributed by atoms with E-state index >= 15 is 0 Å². The predicted molar refractivity (Wildman–Crippen MR) is 149 cm³/mol. The van der Waals surface area contributed by atoms with Crippen LogP contribution in [0.2, 0.25) is 0 Å². The maximum absolute atomic E-state index is 13.6. The minimum Gasteiger partial charge on any atom is -0.379 e. The Morgan fingerprint density at radius 3 is 2.31 bits per heavy atom. The number of anilines is 1. The molecule has 2 aliphatic rings. The van der Waals surface area contributed by atoms with Crippen molar-refractivity contribution in [1.29, 1.82) is 5.26 Å². The molecule has 1 saturated heterocycles. The second-order valence-electron chi connectivity index (χ2n) is 10.9. The number of benzene rings is 2. The van der Waals surface area contributed by atoms with Crippen LogP contribution in [0.4, 0.5) is 18.9 Å². The first-order valence-electron chi connectivity index (χ1n) is 13.7. The first-order valence-corrected chi connectivity index (χ1v) is 15.6. The molecule has 2 fully saturated rings. The van der Waals surface area contributed by atoms with Crippen molar-refractivity contribution in [2.45, 2.75) is 50.3 Å². The molecule has 0 spiro atoms. The Kier molecular flexibility index (Phi) is 9.30. The lowest BCUT2D eigenvalue weighted by atomic mass is 9.73. The first-order chi connectivity index (χ1) is 19.7. The number of rotatable bonds is 7. The normalized spacial score (nSPS) is 18.6. The highest BCUT2D eigenvalue weighted by atomic mass is 32.2. The van der Waals surface area contributed by atoms with Gasteiger partial charge in [-0.05, 0) is 54.7 Å². The standard InChI is InChI=1S/C29H33F3N4O5S/c1-42(40,41)36-14-12-35(13-15-36)26(37)21-7-5-6-20(16-21)18-28(39,23-8-3-2-4-9-23)27(38)34-24-11-10-22(19-33)25(17-24)29(30,31)32/h5-7,10-11,16-17,23,39H,2-4,8-9,12-15,18H2,1H3,(H,34,38). The summed E-state index contributed by atoms with van der Waals surface area (Å²) >= 11 is 0. The third kappa shape index (κ3) is 7.11. The van der Waals surface area contributed by atoms with Crippen LogP contribution in [0, 0.1) is 17.2 Å². The molecule has 1 heterocycles. The number of hydrogen-bond acceptors (Lipinski definition) is 6. The molecule has 0 radical (unpaired) electrons. The molecule has 2 amide bonds. The van der Waals surface area contributed by atoms with E-state index in [9.17, 15) is 36.3 Å². The summed E-state index contributed by atoms with van der Waals surface area (Å²) in [5.74, 6) is -1.64. The minimum absolute atomic E-state index is 0.172. The summed E-state index contributed by atoms with van der Waals surface area (Å²) in [5.41, 5.74) is -3.13. The Balaban J connectivity index is 1.57. The number of sulfonamides is 1. The maximum Gasteiger partial charge on any atom is 0.417 e. The monoisotopic (exact) mass is 606 g/mol. The summed E-state index contributed by atoms with van der Waals surface area (Å²) in [7, 11) is -3.36. The fraction of sp³-hybridized carbons (Fsp3) is 0.483. The van der Waals surface area contributed by atoms with Crippen LogP contribution in [0.25, 0.3) is 0 Å². The number of carbonyl (C=O) groups is 2. The SMILES string of the molecule is CS(=O)(=O)N1CCN(C(=O)c2cccc(CC(O)(C(=O)Nc3ccc(C#N)c(C(F)(F)F)c3)C3CCCCC3)c2)CC1. The molecular weight excluding hydrogens is 573 g/mol. The number of amides is 2. The van der Waals surface area contributed by atoms with Crippen LogP contribution in [0.5, 0.6) is 0 Å². The highest BCUT2D eigenvalue weighted by molar-refractivity contribution is 7.88. The van der Waals surface area contributed by atoms with E-state index in [0.717, 1.165) is 31.6 Å². The van der Waals surface area contributed by atoms with E-state index in [4.69, 9.17) is 5.26 Å². The Morgan fingerprint density at radius 2 is 1.71 bits per heavy atom. The van der Waals surface area contributed by atoms with E-state index < -0.39 is 44.8 Å². The van der Waals surface area contributed by atoms with Gasteiger partial charge in [0.2, 0.25) is 10.0 Å². The molecule has 0 aromatic heterocycles. The zero-order chi connectivity index (χ0) is 30.7. The largest absolute Gasteiger partial charge is 0.417 e. The second-order valence-corrected chi connectivity index (χ2v) is 12.9. The average molecular weight is 607 g/mol. The topological polar surface area (TPSA) is 131 Å². The molecule has 4 rings (SSSR count). The van der Waals surface area contributed by atoms with Crippen molar-refractivity contribution in [2.24, 2.45) is 5.92 Å². The van der Waals surface area contributed by atoms with Gasteiger partial charge in [0.1, 0.15) is 5.60 Å². The molecular formula is C29H33F3N4O5S. The summed E-state index contributed by atoms with van der Waals surface area (Å²) in [6, 6.07) is 10.8. The van der Waals surface area contributed by atoms with Gasteiger partial charge in [-0.15, -0.1) is 0 Å². The summed E-state index contributed by atoms with van der Waals surface area (Å²) in [6.45, 7) is 0.790. The van der Waals surface area contributed by atoms with Crippen LogP contribution in [-0.4, -0.2) is 72.6 Å². The van der Waals surface area contributed by atoms with Crippen LogP contribution in [0.1, 0.15) is 59.2 Å². The van der Waals surface area contributed by atoms with Gasteiger partial charge < -0.3 is 15.3 Å². The Bertz CT molecular complexity index is 1480. The predicted octanol–water partition coefficient (Wildman–Crippen LogP) is 3.79. The van der Waals surface area contributed by atoms with Crippen LogP contribution >= 0.6 is 0 Å². The van der Waals surface area contributed by atoms with Gasteiger partial charge in [-0.1, -0.05) is 31.4 Å². The van der Waals surface area contributed by atoms with E-state index in [-0.39, 0.29) is 44.2 Å². The smallest absolute Gasteiger partial charge is 0.379 e. The van der Waals surface area contributed by atoms with Gasteiger partial charge in [0.05, 0.1) is 23.5 Å². The second kappa shape index (κ2) is 12.4. The Labute approximate surface area is 243 Å². The van der Waals surface area contributed by atoms with Gasteiger partial charge in [0, 0.05) is 43.9 Å². The number of carbonyl (C=O) groups excluding carboxylic acids is 2. The highest BCUT2D eigenvalue weighted by Gasteiger charge is 2.44. The lowest BCUT2D eigenvalue weighted by molar-refractivity contribution is -0.142. The first kappa shape index (κ1) is 31.5. The van der Waals surface area contributed by atoms with E-state index in [1.54, 1.807) is 29.2 Å². The van der Waals surface area contributed by atoms with E-state index in [2.05, 4.69) is 5.32 Å². The van der Waals surface area contributed by atoms with Crippen molar-refractivity contribution in [1.82, 2.24) is 9.21 Å². The van der Waals surface area contributed by atoms with Crippen molar-refractivity contribution in [3.8, 4) is 6.07 Å². The van der Waals surface area contributed by atoms with Crippen LogP contribution < -0.4 is 5.32 Å². The summed E-state index contributed by atoms with van der Waals surface area (Å²) in [5, 5.41) is 23.4. The van der Waals surface area contributed by atoms with E-state index in [1.165, 1.54) is 16.4 Å². The number of aliphatic hydroxyl groups is 1. The zero-order valence-corrected chi connectivity index (χ0v) is 24.0. The maximum atomic E-state index is 13.6. The lowest BCUT2D eigenvalue weighted by Crippen LogP contribution is -2.51. The molecule has 13 heteroatoms. The van der Waals surface area contributed by atoms with Crippen LogP contribution in [-0.2, 0) is 27.4 Å². The van der Waals surface area contributed by atoms with Gasteiger partial charge in [0.15, 0.2) is 0 Å². The number of nitriles is 1. The fourth-order valence-corrected chi connectivity index (χ4v) is 6.54. The van der Waals surface area contributed by atoms with Gasteiger partial charge in [0.25, 0.3) is 11.8 Å². The molecule has 9 nitrogen and oxygen atoms in total. The van der Waals surface area contributed by atoms with Crippen molar-refractivity contribution in [3.05, 3.63) is 64.7 Å². The van der Waals surface area contributed by atoms with Crippen LogP contribution in [0.3, 0.4) is 0 Å². The molecule has 1 unspecified atom stereocenters. The summed E-state index contributed by atoms with van der Waals surface area (Å²) in [6.07, 6.45) is -0.252. The molecule has 0 bridgehead atoms. The lowest BCUT2D eigenvalue weighted by Gasteiger charge is -2.37. The summed E-state index contributed by atoms with van der Waals surface area (Å²) in [4.78, 5) is 28.4. The number of piperazine rings is 1. The average Bonchev–Trinajstić information content (AvgIpc) is 2.96. The van der Waals surface area contributed by atoms with Crippen molar-refractivity contribution >= 4 is 27.5 Å². The molecule has 1 aliphatic carbocycles. The molecule has 2 aromatic carbocycles. The van der Waals surface area contributed by atoms with E-state index in [0.29, 0.717) is 30.0 Å². The third-order valence-corrected chi connectivity index (χ3v) is 9.32. The molecule has 226 valence electrons.